The van der Waals surface area contributed by atoms with Crippen LogP contribution in [0.5, 0.6) is 0 Å². The van der Waals surface area contributed by atoms with Crippen molar-refractivity contribution in [2.75, 3.05) is 39.4 Å². The van der Waals surface area contributed by atoms with E-state index in [-0.39, 0.29) is 30.3 Å². The van der Waals surface area contributed by atoms with Crippen LogP contribution in [0.25, 0.3) is 0 Å². The molecule has 4 saturated heterocycles. The zero-order chi connectivity index (χ0) is 21.4. The molecule has 5 rings (SSSR count). The van der Waals surface area contributed by atoms with Crippen LogP contribution in [-0.4, -0.2) is 83.6 Å². The number of piperidine rings is 2. The van der Waals surface area contributed by atoms with Gasteiger partial charge in [0.05, 0.1) is 13.2 Å². The Morgan fingerprint density at radius 2 is 1.71 bits per heavy atom. The number of carbonyl (C=O) groups is 3. The average Bonchev–Trinajstić information content (AvgIpc) is 3.26. The van der Waals surface area contributed by atoms with Crippen LogP contribution < -0.4 is 0 Å². The predicted octanol–water partition coefficient (Wildman–Crippen LogP) is 1.39. The number of ether oxygens (including phenoxy) is 2. The molecule has 166 valence electrons. The van der Waals surface area contributed by atoms with Crippen LogP contribution in [0, 0.1) is 0 Å². The van der Waals surface area contributed by atoms with Gasteiger partial charge in [0.1, 0.15) is 12.6 Å². The Bertz CT molecular complexity index is 854. The fraction of sp³-hybridized carbons (Fsp3) is 0.609. The molecule has 1 aromatic carbocycles. The van der Waals surface area contributed by atoms with Gasteiger partial charge in [-0.1, -0.05) is 12.1 Å². The lowest BCUT2D eigenvalue weighted by molar-refractivity contribution is -0.181. The average molecular weight is 428 g/mol. The van der Waals surface area contributed by atoms with Gasteiger partial charge in [-0.25, -0.2) is 0 Å². The number of nitrogens with zero attached hydrogens (tertiary/aromatic N) is 3. The summed E-state index contributed by atoms with van der Waals surface area (Å²) < 4.78 is 11.5. The molecular formula is C23H29N3O5. The maximum Gasteiger partial charge on any atom is 0.253 e. The highest BCUT2D eigenvalue weighted by molar-refractivity contribution is 5.95. The molecule has 0 bridgehead atoms. The molecule has 31 heavy (non-hydrogen) atoms. The highest BCUT2D eigenvalue weighted by atomic mass is 16.7. The molecule has 4 heterocycles. The van der Waals surface area contributed by atoms with Gasteiger partial charge < -0.3 is 24.2 Å². The minimum atomic E-state index is -0.493. The third-order valence-corrected chi connectivity index (χ3v) is 6.95. The van der Waals surface area contributed by atoms with Crippen molar-refractivity contribution < 1.29 is 23.9 Å². The first-order valence-corrected chi connectivity index (χ1v) is 11.3. The zero-order valence-corrected chi connectivity index (χ0v) is 17.8. The molecule has 4 fully saturated rings. The van der Waals surface area contributed by atoms with Gasteiger partial charge in [0, 0.05) is 44.6 Å². The third-order valence-electron chi connectivity index (χ3n) is 6.95. The highest BCUT2D eigenvalue weighted by Gasteiger charge is 2.41. The predicted molar refractivity (Wildman–Crippen MR) is 111 cm³/mol. The fourth-order valence-electron chi connectivity index (χ4n) is 5.16. The Morgan fingerprint density at radius 3 is 2.42 bits per heavy atom. The van der Waals surface area contributed by atoms with E-state index in [4.69, 9.17) is 9.47 Å². The van der Waals surface area contributed by atoms with E-state index in [0.717, 1.165) is 24.8 Å². The Kier molecular flexibility index (Phi) is 5.44. The summed E-state index contributed by atoms with van der Waals surface area (Å²) in [5.74, 6) is -0.416. The Morgan fingerprint density at radius 1 is 1.00 bits per heavy atom. The van der Waals surface area contributed by atoms with Crippen molar-refractivity contribution in [3.8, 4) is 0 Å². The number of hydrogen-bond acceptors (Lipinski definition) is 5. The number of rotatable bonds is 3. The molecule has 0 radical (unpaired) electrons. The number of likely N-dealkylation sites (tertiary alicyclic amines) is 1. The van der Waals surface area contributed by atoms with E-state index in [2.05, 4.69) is 0 Å². The second-order valence-electron chi connectivity index (χ2n) is 8.89. The van der Waals surface area contributed by atoms with Crippen LogP contribution in [0.15, 0.2) is 24.3 Å². The quantitative estimate of drug-likeness (QED) is 0.728. The van der Waals surface area contributed by atoms with E-state index in [0.29, 0.717) is 57.8 Å². The van der Waals surface area contributed by atoms with Gasteiger partial charge >= 0.3 is 0 Å². The Labute approximate surface area is 182 Å². The lowest BCUT2D eigenvalue weighted by atomic mass is 9.98. The van der Waals surface area contributed by atoms with Crippen molar-refractivity contribution in [1.82, 2.24) is 14.7 Å². The van der Waals surface area contributed by atoms with Gasteiger partial charge in [0.25, 0.3) is 5.91 Å². The summed E-state index contributed by atoms with van der Waals surface area (Å²) in [4.78, 5) is 43.4. The maximum absolute atomic E-state index is 12.9. The van der Waals surface area contributed by atoms with Crippen LogP contribution in [0.1, 0.15) is 48.0 Å². The molecule has 4 aliphatic rings. The molecule has 0 saturated carbocycles. The van der Waals surface area contributed by atoms with E-state index >= 15 is 0 Å². The summed E-state index contributed by atoms with van der Waals surface area (Å²) in [5.41, 5.74) is 1.56. The molecule has 1 atom stereocenters. The first-order valence-electron chi connectivity index (χ1n) is 11.3. The lowest BCUT2D eigenvalue weighted by Gasteiger charge is -2.42. The summed E-state index contributed by atoms with van der Waals surface area (Å²) in [7, 11) is 0. The van der Waals surface area contributed by atoms with E-state index < -0.39 is 5.79 Å². The zero-order valence-electron chi connectivity index (χ0n) is 17.8. The summed E-state index contributed by atoms with van der Waals surface area (Å²) >= 11 is 0. The van der Waals surface area contributed by atoms with Gasteiger partial charge in [-0.05, 0) is 37.0 Å². The van der Waals surface area contributed by atoms with Crippen molar-refractivity contribution >= 4 is 17.7 Å². The Hall–Kier alpha value is -2.45. The SMILES string of the molecule is O=C(c1ccc(CN2CC(=O)N3CCCC[C@H]3C2=O)cc1)N1CCC2(CC1)OCCO2. The molecule has 0 N–H and O–H groups in total. The van der Waals surface area contributed by atoms with Gasteiger partial charge in [-0.15, -0.1) is 0 Å². The number of hydrogen-bond donors (Lipinski definition) is 0. The number of piperazine rings is 1. The highest BCUT2D eigenvalue weighted by Crippen LogP contribution is 2.32. The fourth-order valence-corrected chi connectivity index (χ4v) is 5.16. The minimum Gasteiger partial charge on any atom is -0.347 e. The molecule has 3 amide bonds. The van der Waals surface area contributed by atoms with Crippen LogP contribution >= 0.6 is 0 Å². The van der Waals surface area contributed by atoms with Crippen molar-refractivity contribution in [1.29, 1.82) is 0 Å². The van der Waals surface area contributed by atoms with Gasteiger partial charge in [-0.3, -0.25) is 14.4 Å². The number of amides is 3. The van der Waals surface area contributed by atoms with Crippen LogP contribution in [0.2, 0.25) is 0 Å². The summed E-state index contributed by atoms with van der Waals surface area (Å²) in [6.07, 6.45) is 4.10. The van der Waals surface area contributed by atoms with Crippen molar-refractivity contribution in [3.05, 3.63) is 35.4 Å². The smallest absolute Gasteiger partial charge is 0.253 e. The topological polar surface area (TPSA) is 79.4 Å². The normalized spacial score (nSPS) is 25.8. The second-order valence-corrected chi connectivity index (χ2v) is 8.89. The standard InChI is InChI=1S/C23H29N3O5/c27-20-16-25(22(29)19-3-1-2-10-26(19)20)15-17-4-6-18(7-5-17)21(28)24-11-8-23(9-12-24)30-13-14-31-23/h4-7,19H,1-3,8-16H2/t19-/m0/s1. The molecule has 0 aliphatic carbocycles. The number of fused-ring (bicyclic) bond motifs is 1. The van der Waals surface area contributed by atoms with Crippen LogP contribution in [0.4, 0.5) is 0 Å². The van der Waals surface area contributed by atoms with Gasteiger partial charge in [0.15, 0.2) is 5.79 Å². The summed E-state index contributed by atoms with van der Waals surface area (Å²) in [6.45, 7) is 3.69. The molecule has 4 aliphatic heterocycles. The molecule has 0 unspecified atom stereocenters. The Balaban J connectivity index is 1.20. The molecule has 8 heteroatoms. The number of benzene rings is 1. The van der Waals surface area contributed by atoms with Crippen molar-refractivity contribution in [2.24, 2.45) is 0 Å². The molecule has 1 spiro atoms. The van der Waals surface area contributed by atoms with Crippen LogP contribution in [0.3, 0.4) is 0 Å². The second kappa shape index (κ2) is 8.24. The van der Waals surface area contributed by atoms with Crippen molar-refractivity contribution in [2.45, 2.75) is 50.5 Å². The van der Waals surface area contributed by atoms with E-state index in [1.165, 1.54) is 0 Å². The largest absolute Gasteiger partial charge is 0.347 e. The van der Waals surface area contributed by atoms with Crippen LogP contribution in [-0.2, 0) is 25.6 Å². The molecular weight excluding hydrogens is 398 g/mol. The summed E-state index contributed by atoms with van der Waals surface area (Å²) in [6, 6.07) is 7.09. The molecule has 8 nitrogen and oxygen atoms in total. The lowest BCUT2D eigenvalue weighted by Crippen LogP contribution is -2.60. The first-order chi connectivity index (χ1) is 15.0. The summed E-state index contributed by atoms with van der Waals surface area (Å²) in [5, 5.41) is 0. The number of carbonyl (C=O) groups excluding carboxylic acids is 3. The molecule has 0 aromatic heterocycles. The minimum absolute atomic E-state index is 0.00136. The first kappa shape index (κ1) is 20.5. The maximum atomic E-state index is 12.9. The van der Waals surface area contributed by atoms with E-state index in [9.17, 15) is 14.4 Å². The molecule has 1 aromatic rings. The van der Waals surface area contributed by atoms with Crippen molar-refractivity contribution in [3.63, 3.8) is 0 Å². The monoisotopic (exact) mass is 427 g/mol. The third kappa shape index (κ3) is 3.94. The van der Waals surface area contributed by atoms with E-state index in [1.54, 1.807) is 9.80 Å². The van der Waals surface area contributed by atoms with E-state index in [1.807, 2.05) is 29.2 Å². The van der Waals surface area contributed by atoms with Gasteiger partial charge in [0.2, 0.25) is 11.8 Å². The van der Waals surface area contributed by atoms with Gasteiger partial charge in [-0.2, -0.15) is 0 Å².